The molecule has 2 N–H and O–H groups in total. The van der Waals surface area contributed by atoms with E-state index in [-0.39, 0.29) is 6.04 Å². The molecule has 2 nitrogen and oxygen atoms in total. The molecule has 0 saturated carbocycles. The van der Waals surface area contributed by atoms with E-state index in [9.17, 15) is 0 Å². The number of hydrogen-bond donors (Lipinski definition) is 1. The Morgan fingerprint density at radius 2 is 1.52 bits per heavy atom. The van der Waals surface area contributed by atoms with Crippen LogP contribution in [0.2, 0.25) is 0 Å². The molecule has 0 aromatic heterocycles. The predicted octanol–water partition coefficient (Wildman–Crippen LogP) is 3.10. The van der Waals surface area contributed by atoms with E-state index in [2.05, 4.69) is 60.4 Å². The second-order valence-electron chi connectivity index (χ2n) is 6.03. The first kappa shape index (κ1) is 14.3. The molecule has 1 heterocycles. The maximum Gasteiger partial charge on any atom is 0.0426 e. The van der Waals surface area contributed by atoms with Crippen molar-refractivity contribution in [2.24, 2.45) is 5.73 Å². The zero-order chi connectivity index (χ0) is 14.7. The van der Waals surface area contributed by atoms with Crippen LogP contribution in [0.25, 0.3) is 0 Å². The minimum atomic E-state index is 0.104. The first-order valence-electron chi connectivity index (χ1n) is 7.84. The van der Waals surface area contributed by atoms with E-state index < -0.39 is 0 Å². The molecule has 0 amide bonds. The summed E-state index contributed by atoms with van der Waals surface area (Å²) in [5, 5.41) is 0. The fourth-order valence-corrected chi connectivity index (χ4v) is 3.28. The van der Waals surface area contributed by atoms with Crippen molar-refractivity contribution in [1.29, 1.82) is 0 Å². The molecule has 21 heavy (non-hydrogen) atoms. The third kappa shape index (κ3) is 3.34. The summed E-state index contributed by atoms with van der Waals surface area (Å²) in [5.41, 5.74) is 12.0. The molecule has 1 aliphatic rings. The van der Waals surface area contributed by atoms with Crippen LogP contribution < -0.4 is 5.73 Å². The van der Waals surface area contributed by atoms with Gasteiger partial charge in [0.15, 0.2) is 0 Å². The van der Waals surface area contributed by atoms with Gasteiger partial charge in [-0.15, -0.1) is 0 Å². The Bertz CT molecular complexity index is 579. The standard InChI is InChI=1S/C19H24N2/c1-15-6-2-5-9-18(15)19(20)14-21-12-10-16-7-3-4-8-17(16)11-13-21/h2-9,19H,10-14,20H2,1H3. The van der Waals surface area contributed by atoms with Gasteiger partial charge >= 0.3 is 0 Å². The zero-order valence-corrected chi connectivity index (χ0v) is 12.8. The number of nitrogens with two attached hydrogens (primary N) is 1. The second-order valence-corrected chi connectivity index (χ2v) is 6.03. The smallest absolute Gasteiger partial charge is 0.0426 e. The van der Waals surface area contributed by atoms with Crippen LogP contribution in [-0.2, 0) is 12.8 Å². The lowest BCUT2D eigenvalue weighted by molar-refractivity contribution is 0.269. The van der Waals surface area contributed by atoms with Crippen molar-refractivity contribution in [3.63, 3.8) is 0 Å². The van der Waals surface area contributed by atoms with E-state index >= 15 is 0 Å². The SMILES string of the molecule is Cc1ccccc1C(N)CN1CCc2ccccc2CC1. The Hall–Kier alpha value is -1.64. The van der Waals surface area contributed by atoms with Gasteiger partial charge in [0, 0.05) is 25.7 Å². The van der Waals surface area contributed by atoms with Crippen LogP contribution in [0.3, 0.4) is 0 Å². The molecular weight excluding hydrogens is 256 g/mol. The molecular formula is C19H24N2. The summed E-state index contributed by atoms with van der Waals surface area (Å²) < 4.78 is 0. The molecule has 3 rings (SSSR count). The number of nitrogens with zero attached hydrogens (tertiary/aromatic N) is 1. The molecule has 0 saturated heterocycles. The molecule has 2 heteroatoms. The molecule has 1 aliphatic heterocycles. The lowest BCUT2D eigenvalue weighted by Gasteiger charge is -2.25. The van der Waals surface area contributed by atoms with Crippen molar-refractivity contribution in [2.75, 3.05) is 19.6 Å². The molecule has 110 valence electrons. The van der Waals surface area contributed by atoms with E-state index in [0.717, 1.165) is 32.5 Å². The normalized spacial score (nSPS) is 17.0. The number of fused-ring (bicyclic) bond motifs is 1. The molecule has 0 spiro atoms. The van der Waals surface area contributed by atoms with E-state index in [0.29, 0.717) is 0 Å². The number of benzene rings is 2. The van der Waals surface area contributed by atoms with Crippen LogP contribution in [0.15, 0.2) is 48.5 Å². The quantitative estimate of drug-likeness (QED) is 0.936. The van der Waals surface area contributed by atoms with Crippen molar-refractivity contribution in [1.82, 2.24) is 4.90 Å². The van der Waals surface area contributed by atoms with Crippen molar-refractivity contribution in [3.05, 3.63) is 70.8 Å². The number of rotatable bonds is 3. The summed E-state index contributed by atoms with van der Waals surface area (Å²) in [5.74, 6) is 0. The highest BCUT2D eigenvalue weighted by Gasteiger charge is 2.17. The van der Waals surface area contributed by atoms with Gasteiger partial charge in [-0.3, -0.25) is 0 Å². The molecule has 0 fully saturated rings. The predicted molar refractivity (Wildman–Crippen MR) is 88.4 cm³/mol. The van der Waals surface area contributed by atoms with Crippen LogP contribution >= 0.6 is 0 Å². The Morgan fingerprint density at radius 1 is 0.952 bits per heavy atom. The summed E-state index contributed by atoms with van der Waals surface area (Å²) in [6.45, 7) is 5.31. The van der Waals surface area contributed by atoms with Crippen molar-refractivity contribution in [2.45, 2.75) is 25.8 Å². The van der Waals surface area contributed by atoms with Crippen molar-refractivity contribution >= 4 is 0 Å². The average Bonchev–Trinajstić information content (AvgIpc) is 2.70. The fraction of sp³-hybridized carbons (Fsp3) is 0.368. The lowest BCUT2D eigenvalue weighted by Crippen LogP contribution is -2.34. The highest BCUT2D eigenvalue weighted by atomic mass is 15.1. The molecule has 2 aromatic rings. The van der Waals surface area contributed by atoms with Crippen LogP contribution in [0.5, 0.6) is 0 Å². The van der Waals surface area contributed by atoms with Gasteiger partial charge in [0.25, 0.3) is 0 Å². The number of aryl methyl sites for hydroxylation is 1. The van der Waals surface area contributed by atoms with Gasteiger partial charge in [0.05, 0.1) is 0 Å². The first-order valence-corrected chi connectivity index (χ1v) is 7.84. The maximum absolute atomic E-state index is 6.44. The van der Waals surface area contributed by atoms with E-state index in [4.69, 9.17) is 5.73 Å². The minimum absolute atomic E-state index is 0.104. The minimum Gasteiger partial charge on any atom is -0.323 e. The first-order chi connectivity index (χ1) is 10.2. The third-order valence-electron chi connectivity index (χ3n) is 4.56. The van der Waals surface area contributed by atoms with Crippen LogP contribution in [0.1, 0.15) is 28.3 Å². The monoisotopic (exact) mass is 280 g/mol. The molecule has 1 atom stereocenters. The summed E-state index contributed by atoms with van der Waals surface area (Å²) in [6.07, 6.45) is 2.27. The van der Waals surface area contributed by atoms with Gasteiger partial charge in [0.1, 0.15) is 0 Å². The Morgan fingerprint density at radius 3 is 2.14 bits per heavy atom. The number of hydrogen-bond acceptors (Lipinski definition) is 2. The van der Waals surface area contributed by atoms with Gasteiger partial charge < -0.3 is 10.6 Å². The van der Waals surface area contributed by atoms with Gasteiger partial charge in [-0.25, -0.2) is 0 Å². The summed E-state index contributed by atoms with van der Waals surface area (Å²) in [4.78, 5) is 2.51. The maximum atomic E-state index is 6.44. The lowest BCUT2D eigenvalue weighted by atomic mass is 10.0. The topological polar surface area (TPSA) is 29.3 Å². The van der Waals surface area contributed by atoms with E-state index in [1.54, 1.807) is 0 Å². The highest BCUT2D eigenvalue weighted by Crippen LogP contribution is 2.19. The van der Waals surface area contributed by atoms with Gasteiger partial charge in [-0.2, -0.15) is 0 Å². The fourth-order valence-electron chi connectivity index (χ4n) is 3.28. The highest BCUT2D eigenvalue weighted by molar-refractivity contribution is 5.30. The largest absolute Gasteiger partial charge is 0.323 e. The average molecular weight is 280 g/mol. The Labute approximate surface area is 127 Å². The zero-order valence-electron chi connectivity index (χ0n) is 12.8. The summed E-state index contributed by atoms with van der Waals surface area (Å²) in [7, 11) is 0. The molecule has 2 aromatic carbocycles. The van der Waals surface area contributed by atoms with Gasteiger partial charge in [-0.05, 0) is 42.0 Å². The van der Waals surface area contributed by atoms with Crippen molar-refractivity contribution < 1.29 is 0 Å². The third-order valence-corrected chi connectivity index (χ3v) is 4.56. The Balaban J connectivity index is 1.66. The van der Waals surface area contributed by atoms with Crippen LogP contribution in [0, 0.1) is 6.92 Å². The summed E-state index contributed by atoms with van der Waals surface area (Å²) in [6, 6.07) is 17.4. The molecule has 1 unspecified atom stereocenters. The molecule has 0 bridgehead atoms. The summed E-state index contributed by atoms with van der Waals surface area (Å²) >= 11 is 0. The second kappa shape index (κ2) is 6.42. The molecule has 0 radical (unpaired) electrons. The van der Waals surface area contributed by atoms with Crippen LogP contribution in [0.4, 0.5) is 0 Å². The Kier molecular flexibility index (Phi) is 4.37. The molecule has 0 aliphatic carbocycles. The van der Waals surface area contributed by atoms with Gasteiger partial charge in [-0.1, -0.05) is 48.5 Å². The van der Waals surface area contributed by atoms with E-state index in [1.807, 2.05) is 0 Å². The van der Waals surface area contributed by atoms with Gasteiger partial charge in [0.2, 0.25) is 0 Å². The van der Waals surface area contributed by atoms with Crippen molar-refractivity contribution in [3.8, 4) is 0 Å². The van der Waals surface area contributed by atoms with E-state index in [1.165, 1.54) is 22.3 Å². The van der Waals surface area contributed by atoms with Crippen LogP contribution in [-0.4, -0.2) is 24.5 Å².